The van der Waals surface area contributed by atoms with Crippen LogP contribution in [0.25, 0.3) is 0 Å². The second-order valence-corrected chi connectivity index (χ2v) is 11.8. The maximum absolute atomic E-state index is 11.9. The maximum atomic E-state index is 11.9. The van der Waals surface area contributed by atoms with Crippen molar-refractivity contribution in [2.24, 2.45) is 0 Å². The number of likely N-dealkylation sites (tertiary alicyclic amines) is 1. The number of hydrogen-bond donors (Lipinski definition) is 0. The molecular weight excluding hydrogens is 460 g/mol. The van der Waals surface area contributed by atoms with Gasteiger partial charge in [0.2, 0.25) is 5.88 Å². The van der Waals surface area contributed by atoms with Crippen LogP contribution in [0, 0.1) is 0 Å². The molecule has 2 aliphatic rings. The molecule has 0 aliphatic carbocycles. The second-order valence-electron chi connectivity index (χ2n) is 9.46. The van der Waals surface area contributed by atoms with E-state index in [0.29, 0.717) is 16.0 Å². The summed E-state index contributed by atoms with van der Waals surface area (Å²) in [7, 11) is -3.23. The number of ether oxygens (including phenoxy) is 2. The van der Waals surface area contributed by atoms with Crippen molar-refractivity contribution in [2.45, 2.75) is 56.6 Å². The summed E-state index contributed by atoms with van der Waals surface area (Å²) in [4.78, 5) is 13.2. The number of piperidine rings is 1. The average molecular weight is 491 g/mol. The van der Waals surface area contributed by atoms with Crippen LogP contribution in [0.5, 0.6) is 5.88 Å². The third-order valence-electron chi connectivity index (χ3n) is 5.66. The van der Waals surface area contributed by atoms with Crippen LogP contribution in [-0.2, 0) is 21.0 Å². The molecule has 0 unspecified atom stereocenters. The van der Waals surface area contributed by atoms with Crippen molar-refractivity contribution in [3.05, 3.63) is 36.2 Å². The van der Waals surface area contributed by atoms with Gasteiger partial charge in [0.05, 0.1) is 4.90 Å². The highest BCUT2D eigenvalue weighted by Crippen LogP contribution is 2.35. The van der Waals surface area contributed by atoms with Gasteiger partial charge in [0.1, 0.15) is 23.9 Å². The van der Waals surface area contributed by atoms with E-state index in [2.05, 4.69) is 19.8 Å². The molecule has 0 amide bonds. The van der Waals surface area contributed by atoms with Gasteiger partial charge in [0, 0.05) is 50.5 Å². The topological polar surface area (TPSA) is 84.9 Å². The molecule has 0 bridgehead atoms. The second kappa shape index (κ2) is 9.06. The number of thiocarbonyl (C=S) groups is 1. The Morgan fingerprint density at radius 3 is 2.52 bits per heavy atom. The molecule has 2 aliphatic heterocycles. The van der Waals surface area contributed by atoms with Gasteiger partial charge < -0.3 is 19.3 Å². The zero-order valence-electron chi connectivity index (χ0n) is 19.4. The van der Waals surface area contributed by atoms with Gasteiger partial charge in [-0.1, -0.05) is 0 Å². The Labute approximate surface area is 200 Å². The van der Waals surface area contributed by atoms with E-state index in [-0.39, 0.29) is 11.7 Å². The van der Waals surface area contributed by atoms with Crippen molar-refractivity contribution in [1.82, 2.24) is 14.9 Å². The first-order valence-corrected chi connectivity index (χ1v) is 13.4. The summed E-state index contributed by atoms with van der Waals surface area (Å²) < 4.78 is 35.7. The zero-order chi connectivity index (χ0) is 23.8. The van der Waals surface area contributed by atoms with Gasteiger partial charge in [0.15, 0.2) is 9.84 Å². The van der Waals surface area contributed by atoms with Gasteiger partial charge >= 0.3 is 0 Å². The number of nitrogens with zero attached hydrogens (tertiary/aromatic N) is 4. The van der Waals surface area contributed by atoms with Crippen molar-refractivity contribution in [1.29, 1.82) is 0 Å². The Morgan fingerprint density at radius 1 is 1.12 bits per heavy atom. The number of aromatic nitrogens is 2. The predicted octanol–water partition coefficient (Wildman–Crippen LogP) is 3.52. The molecule has 0 N–H and O–H groups in total. The molecule has 2 aromatic rings. The van der Waals surface area contributed by atoms with E-state index >= 15 is 0 Å². The lowest BCUT2D eigenvalue weighted by molar-refractivity contribution is 0.0717. The molecule has 1 aromatic carbocycles. The summed E-state index contributed by atoms with van der Waals surface area (Å²) in [6, 6.07) is 7.09. The molecule has 8 nitrogen and oxygen atoms in total. The quantitative estimate of drug-likeness (QED) is 0.598. The van der Waals surface area contributed by atoms with Crippen molar-refractivity contribution in [3.63, 3.8) is 0 Å². The Morgan fingerprint density at radius 2 is 1.85 bits per heavy atom. The summed E-state index contributed by atoms with van der Waals surface area (Å²) in [6.07, 6.45) is 5.19. The summed E-state index contributed by atoms with van der Waals surface area (Å²) >= 11 is 5.43. The molecule has 10 heteroatoms. The van der Waals surface area contributed by atoms with Gasteiger partial charge in [0.25, 0.3) is 5.17 Å². The predicted molar refractivity (Wildman–Crippen MR) is 131 cm³/mol. The minimum atomic E-state index is -3.23. The Kier molecular flexibility index (Phi) is 6.50. The first-order valence-electron chi connectivity index (χ1n) is 11.1. The molecule has 1 saturated heterocycles. The normalized spacial score (nSPS) is 17.1. The molecule has 0 spiro atoms. The van der Waals surface area contributed by atoms with E-state index in [4.69, 9.17) is 21.7 Å². The molecule has 3 heterocycles. The van der Waals surface area contributed by atoms with Crippen molar-refractivity contribution < 1.29 is 17.9 Å². The Bertz CT molecular complexity index is 1140. The first kappa shape index (κ1) is 23.7. The Balaban J connectivity index is 1.40. The van der Waals surface area contributed by atoms with Crippen LogP contribution in [0.15, 0.2) is 35.5 Å². The standard InChI is InChI=1S/C23H30N4O4S2/c1-23(2,3)31-22(32)26-10-8-17(9-11-26)30-21-14-20(24-15-25-21)27-12-7-16-13-18(33(4,28)29)5-6-19(16)27/h5-6,13-15,17H,7-12H2,1-4H3. The average Bonchev–Trinajstić information content (AvgIpc) is 3.16. The molecule has 1 aromatic heterocycles. The van der Waals surface area contributed by atoms with Crippen LogP contribution in [0.2, 0.25) is 0 Å². The number of anilines is 2. The van der Waals surface area contributed by atoms with Gasteiger partial charge in [-0.3, -0.25) is 0 Å². The van der Waals surface area contributed by atoms with Crippen LogP contribution in [0.4, 0.5) is 11.5 Å². The zero-order valence-corrected chi connectivity index (χ0v) is 21.1. The highest BCUT2D eigenvalue weighted by Gasteiger charge is 2.27. The fourth-order valence-corrected chi connectivity index (χ4v) is 5.15. The highest BCUT2D eigenvalue weighted by molar-refractivity contribution is 7.90. The van der Waals surface area contributed by atoms with Crippen molar-refractivity contribution in [2.75, 3.05) is 30.8 Å². The van der Waals surface area contributed by atoms with Gasteiger partial charge in [-0.15, -0.1) is 0 Å². The molecule has 1 fully saturated rings. The molecule has 0 atom stereocenters. The van der Waals surface area contributed by atoms with Gasteiger partial charge in [-0.05, 0) is 63.2 Å². The van der Waals surface area contributed by atoms with E-state index in [1.807, 2.05) is 32.9 Å². The monoisotopic (exact) mass is 490 g/mol. The molecule has 33 heavy (non-hydrogen) atoms. The van der Waals surface area contributed by atoms with Gasteiger partial charge in [-0.2, -0.15) is 0 Å². The van der Waals surface area contributed by atoms with Crippen LogP contribution in [0.1, 0.15) is 39.2 Å². The summed E-state index contributed by atoms with van der Waals surface area (Å²) in [6.45, 7) is 8.25. The lowest BCUT2D eigenvalue weighted by Crippen LogP contribution is -2.44. The summed E-state index contributed by atoms with van der Waals surface area (Å²) in [5.41, 5.74) is 1.66. The van der Waals surface area contributed by atoms with Crippen LogP contribution < -0.4 is 9.64 Å². The SMILES string of the molecule is CC(C)(C)OC(=S)N1CCC(Oc2cc(N3CCc4cc(S(C)(=O)=O)ccc43)ncn2)CC1. The fraction of sp³-hybridized carbons (Fsp3) is 0.522. The first-order chi connectivity index (χ1) is 15.5. The highest BCUT2D eigenvalue weighted by atomic mass is 32.2. The molecule has 178 valence electrons. The molecule has 4 rings (SSSR count). The van der Waals surface area contributed by atoms with Crippen molar-refractivity contribution in [3.8, 4) is 5.88 Å². The lowest BCUT2D eigenvalue weighted by atomic mass is 10.1. The molecule has 0 radical (unpaired) electrons. The maximum Gasteiger partial charge on any atom is 0.259 e. The van der Waals surface area contributed by atoms with Crippen LogP contribution in [-0.4, -0.2) is 66.1 Å². The van der Waals surface area contributed by atoms with E-state index in [0.717, 1.165) is 56.0 Å². The van der Waals surface area contributed by atoms with E-state index < -0.39 is 9.84 Å². The van der Waals surface area contributed by atoms with E-state index in [1.165, 1.54) is 12.6 Å². The number of sulfone groups is 1. The van der Waals surface area contributed by atoms with Crippen LogP contribution >= 0.6 is 12.2 Å². The Hall–Kier alpha value is -2.46. The minimum Gasteiger partial charge on any atom is -0.474 e. The minimum absolute atomic E-state index is 0.0459. The van der Waals surface area contributed by atoms with Crippen LogP contribution in [0.3, 0.4) is 0 Å². The number of hydrogen-bond acceptors (Lipinski definition) is 8. The van der Waals surface area contributed by atoms with E-state index in [1.54, 1.807) is 12.1 Å². The number of fused-ring (bicyclic) bond motifs is 1. The third-order valence-corrected chi connectivity index (χ3v) is 7.11. The fourth-order valence-electron chi connectivity index (χ4n) is 4.04. The van der Waals surface area contributed by atoms with Crippen molar-refractivity contribution >= 4 is 38.7 Å². The third kappa shape index (κ3) is 5.73. The summed E-state index contributed by atoms with van der Waals surface area (Å²) in [5, 5.41) is 0.539. The largest absolute Gasteiger partial charge is 0.474 e. The molecular formula is C23H30N4O4S2. The smallest absolute Gasteiger partial charge is 0.259 e. The van der Waals surface area contributed by atoms with Gasteiger partial charge in [-0.25, -0.2) is 18.4 Å². The van der Waals surface area contributed by atoms with E-state index in [9.17, 15) is 8.42 Å². The molecule has 0 saturated carbocycles. The number of benzene rings is 1. The summed E-state index contributed by atoms with van der Waals surface area (Å²) in [5.74, 6) is 1.27. The number of rotatable bonds is 4. The lowest BCUT2D eigenvalue weighted by Gasteiger charge is -2.35.